The van der Waals surface area contributed by atoms with Crippen LogP contribution >= 0.6 is 15.9 Å². The highest BCUT2D eigenvalue weighted by Crippen LogP contribution is 2.23. The fraction of sp³-hybridized carbons (Fsp3) is 0. The van der Waals surface area contributed by atoms with Crippen LogP contribution in [0.1, 0.15) is 5.56 Å². The van der Waals surface area contributed by atoms with Gasteiger partial charge in [0.25, 0.3) is 6.08 Å². The standard InChI is InChI=1S/C8H3BrFN3/c9-5-1-4(3-11)2-6-7(5)13-8(10)12-6/h1-2H,(H,12,13). The number of H-pyrrole nitrogens is 1. The zero-order valence-corrected chi connectivity index (χ0v) is 7.89. The van der Waals surface area contributed by atoms with E-state index in [-0.39, 0.29) is 0 Å². The highest BCUT2D eigenvalue weighted by molar-refractivity contribution is 9.10. The number of hydrogen-bond acceptors (Lipinski definition) is 2. The van der Waals surface area contributed by atoms with Crippen molar-refractivity contribution in [3.63, 3.8) is 0 Å². The molecule has 1 aromatic heterocycles. The molecular weight excluding hydrogens is 237 g/mol. The van der Waals surface area contributed by atoms with Gasteiger partial charge in [-0.1, -0.05) is 0 Å². The van der Waals surface area contributed by atoms with E-state index in [0.717, 1.165) is 0 Å². The molecule has 0 atom stereocenters. The summed E-state index contributed by atoms with van der Waals surface area (Å²) < 4.78 is 13.3. The third-order valence-electron chi connectivity index (χ3n) is 1.64. The molecule has 0 aliphatic carbocycles. The lowest BCUT2D eigenvalue weighted by molar-refractivity contribution is 0.556. The van der Waals surface area contributed by atoms with E-state index < -0.39 is 6.08 Å². The Hall–Kier alpha value is -1.41. The Morgan fingerprint density at radius 1 is 1.54 bits per heavy atom. The van der Waals surface area contributed by atoms with Crippen molar-refractivity contribution < 1.29 is 4.39 Å². The van der Waals surface area contributed by atoms with Gasteiger partial charge in [-0.15, -0.1) is 0 Å². The van der Waals surface area contributed by atoms with Crippen LogP contribution in [0, 0.1) is 17.4 Å². The monoisotopic (exact) mass is 239 g/mol. The summed E-state index contributed by atoms with van der Waals surface area (Å²) in [5.74, 6) is 0. The first kappa shape index (κ1) is 8.20. The minimum Gasteiger partial charge on any atom is -0.314 e. The van der Waals surface area contributed by atoms with Gasteiger partial charge in [0.05, 0.1) is 17.1 Å². The summed E-state index contributed by atoms with van der Waals surface area (Å²) >= 11 is 3.20. The number of imidazole rings is 1. The number of fused-ring (bicyclic) bond motifs is 1. The summed E-state index contributed by atoms with van der Waals surface area (Å²) in [5, 5.41) is 8.63. The molecule has 0 radical (unpaired) electrons. The lowest BCUT2D eigenvalue weighted by Gasteiger charge is -1.92. The van der Waals surface area contributed by atoms with Crippen molar-refractivity contribution in [1.29, 1.82) is 5.26 Å². The Labute approximate surface area is 81.3 Å². The van der Waals surface area contributed by atoms with Crippen molar-refractivity contribution in [3.05, 3.63) is 28.2 Å². The smallest absolute Gasteiger partial charge is 0.287 e. The molecule has 2 aromatic rings. The largest absolute Gasteiger partial charge is 0.314 e. The third kappa shape index (κ3) is 1.29. The molecule has 1 N–H and O–H groups in total. The molecule has 0 saturated carbocycles. The van der Waals surface area contributed by atoms with Gasteiger partial charge in [0, 0.05) is 4.47 Å². The molecule has 2 rings (SSSR count). The Bertz CT molecular complexity index is 512. The lowest BCUT2D eigenvalue weighted by Crippen LogP contribution is -1.77. The number of aromatic amines is 1. The van der Waals surface area contributed by atoms with E-state index in [1.165, 1.54) is 0 Å². The second-order valence-electron chi connectivity index (χ2n) is 2.49. The van der Waals surface area contributed by atoms with Crippen LogP contribution in [-0.2, 0) is 0 Å². The van der Waals surface area contributed by atoms with Crippen molar-refractivity contribution in [1.82, 2.24) is 9.97 Å². The average molecular weight is 240 g/mol. The van der Waals surface area contributed by atoms with Crippen LogP contribution < -0.4 is 0 Å². The van der Waals surface area contributed by atoms with E-state index in [4.69, 9.17) is 5.26 Å². The molecule has 1 heterocycles. The molecule has 0 bridgehead atoms. The molecule has 0 aliphatic rings. The molecular formula is C8H3BrFN3. The van der Waals surface area contributed by atoms with Gasteiger partial charge in [0.15, 0.2) is 0 Å². The van der Waals surface area contributed by atoms with Gasteiger partial charge in [0.2, 0.25) is 0 Å². The average Bonchev–Trinajstić information content (AvgIpc) is 2.46. The number of nitrogens with zero attached hydrogens (tertiary/aromatic N) is 2. The van der Waals surface area contributed by atoms with Crippen LogP contribution in [0.4, 0.5) is 4.39 Å². The summed E-state index contributed by atoms with van der Waals surface area (Å²) in [7, 11) is 0. The number of nitriles is 1. The number of halogens is 2. The first-order valence-electron chi connectivity index (χ1n) is 3.45. The van der Waals surface area contributed by atoms with E-state index in [0.29, 0.717) is 21.1 Å². The molecule has 64 valence electrons. The molecule has 0 unspecified atom stereocenters. The van der Waals surface area contributed by atoms with Gasteiger partial charge < -0.3 is 4.98 Å². The van der Waals surface area contributed by atoms with E-state index in [1.54, 1.807) is 12.1 Å². The minimum atomic E-state index is -0.647. The van der Waals surface area contributed by atoms with Crippen molar-refractivity contribution in [2.24, 2.45) is 0 Å². The van der Waals surface area contributed by atoms with Gasteiger partial charge in [0.1, 0.15) is 5.52 Å². The Morgan fingerprint density at radius 3 is 3.00 bits per heavy atom. The van der Waals surface area contributed by atoms with Crippen LogP contribution in [0.25, 0.3) is 11.0 Å². The number of aromatic nitrogens is 2. The van der Waals surface area contributed by atoms with Gasteiger partial charge in [-0.3, -0.25) is 0 Å². The molecule has 3 nitrogen and oxygen atoms in total. The molecule has 5 heteroatoms. The maximum Gasteiger partial charge on any atom is 0.287 e. The SMILES string of the molecule is N#Cc1cc(Br)c2nc(F)[nH]c2c1. The van der Waals surface area contributed by atoms with Crippen molar-refractivity contribution >= 4 is 27.0 Å². The summed E-state index contributed by atoms with van der Waals surface area (Å²) in [5.41, 5.74) is 1.47. The summed E-state index contributed by atoms with van der Waals surface area (Å²) in [6, 6.07) is 5.12. The predicted molar refractivity (Wildman–Crippen MR) is 48.5 cm³/mol. The van der Waals surface area contributed by atoms with Crippen LogP contribution in [0.2, 0.25) is 0 Å². The maximum atomic E-state index is 12.7. The normalized spacial score (nSPS) is 10.2. The van der Waals surface area contributed by atoms with Gasteiger partial charge in [-0.25, -0.2) is 4.98 Å². The fourth-order valence-electron chi connectivity index (χ4n) is 1.11. The molecule has 13 heavy (non-hydrogen) atoms. The first-order valence-corrected chi connectivity index (χ1v) is 4.25. The van der Waals surface area contributed by atoms with E-state index in [2.05, 4.69) is 25.9 Å². The molecule has 0 fully saturated rings. The summed E-state index contributed by atoms with van der Waals surface area (Å²) in [6.07, 6.45) is -0.647. The third-order valence-corrected chi connectivity index (χ3v) is 2.24. The first-order chi connectivity index (χ1) is 6.20. The number of rotatable bonds is 0. The second kappa shape index (κ2) is 2.82. The maximum absolute atomic E-state index is 12.7. The topological polar surface area (TPSA) is 52.5 Å². The van der Waals surface area contributed by atoms with Crippen LogP contribution in [-0.4, -0.2) is 9.97 Å². The minimum absolute atomic E-state index is 0.461. The Kier molecular flexibility index (Phi) is 1.78. The number of nitrogens with one attached hydrogen (secondary N) is 1. The highest BCUT2D eigenvalue weighted by Gasteiger charge is 2.06. The van der Waals surface area contributed by atoms with Crippen LogP contribution in [0.3, 0.4) is 0 Å². The zero-order chi connectivity index (χ0) is 9.42. The van der Waals surface area contributed by atoms with Crippen LogP contribution in [0.15, 0.2) is 16.6 Å². The second-order valence-corrected chi connectivity index (χ2v) is 3.35. The molecule has 0 aliphatic heterocycles. The Balaban J connectivity index is 2.85. The summed E-state index contributed by atoms with van der Waals surface area (Å²) in [4.78, 5) is 6.02. The quantitative estimate of drug-likeness (QED) is 0.768. The fourth-order valence-corrected chi connectivity index (χ4v) is 1.66. The number of benzene rings is 1. The van der Waals surface area contributed by atoms with Gasteiger partial charge >= 0.3 is 0 Å². The lowest BCUT2D eigenvalue weighted by atomic mass is 10.2. The van der Waals surface area contributed by atoms with Crippen LogP contribution in [0.5, 0.6) is 0 Å². The molecule has 0 spiro atoms. The van der Waals surface area contributed by atoms with Crippen molar-refractivity contribution in [2.75, 3.05) is 0 Å². The highest BCUT2D eigenvalue weighted by atomic mass is 79.9. The van der Waals surface area contributed by atoms with Crippen molar-refractivity contribution in [2.45, 2.75) is 0 Å². The van der Waals surface area contributed by atoms with E-state index in [1.807, 2.05) is 6.07 Å². The van der Waals surface area contributed by atoms with Crippen molar-refractivity contribution in [3.8, 4) is 6.07 Å². The molecule has 1 aromatic carbocycles. The van der Waals surface area contributed by atoms with Gasteiger partial charge in [-0.05, 0) is 28.1 Å². The van der Waals surface area contributed by atoms with E-state index >= 15 is 0 Å². The zero-order valence-electron chi connectivity index (χ0n) is 6.31. The summed E-state index contributed by atoms with van der Waals surface area (Å²) in [6.45, 7) is 0. The number of hydrogen-bond donors (Lipinski definition) is 1. The van der Waals surface area contributed by atoms with Gasteiger partial charge in [-0.2, -0.15) is 9.65 Å². The Morgan fingerprint density at radius 2 is 2.31 bits per heavy atom. The predicted octanol–water partition coefficient (Wildman–Crippen LogP) is 2.34. The molecule has 0 amide bonds. The van der Waals surface area contributed by atoms with E-state index in [9.17, 15) is 4.39 Å². The molecule has 0 saturated heterocycles.